The Balaban J connectivity index is 1.96. The van der Waals surface area contributed by atoms with Crippen molar-refractivity contribution < 1.29 is 0 Å². The van der Waals surface area contributed by atoms with Gasteiger partial charge >= 0.3 is 0 Å². The number of hydrogen-bond donors (Lipinski definition) is 0. The van der Waals surface area contributed by atoms with Crippen LogP contribution in [-0.4, -0.2) is 0 Å². The Morgan fingerprint density at radius 2 is 1.65 bits per heavy atom. The van der Waals surface area contributed by atoms with Gasteiger partial charge in [0.05, 0.1) is 0 Å². The molecule has 3 aliphatic carbocycles. The highest BCUT2D eigenvalue weighted by Gasteiger charge is 2.65. The maximum atomic E-state index is 4.94. The molecule has 4 rings (SSSR count). The molecule has 0 N–H and O–H groups in total. The van der Waals surface area contributed by atoms with Crippen molar-refractivity contribution in [1.82, 2.24) is 0 Å². The van der Waals surface area contributed by atoms with Crippen LogP contribution in [0.15, 0.2) is 65.3 Å². The first-order valence-electron chi connectivity index (χ1n) is 15.9. The van der Waals surface area contributed by atoms with Gasteiger partial charge in [0.2, 0.25) is 0 Å². The quantitative estimate of drug-likeness (QED) is 0.338. The highest BCUT2D eigenvalue weighted by Crippen LogP contribution is 2.74. The van der Waals surface area contributed by atoms with Crippen molar-refractivity contribution in [2.75, 3.05) is 0 Å². The average molecular weight is 539 g/mol. The lowest BCUT2D eigenvalue weighted by Crippen LogP contribution is -2.58. The summed E-state index contributed by atoms with van der Waals surface area (Å²) in [6.07, 6.45) is 4.87. The summed E-state index contributed by atoms with van der Waals surface area (Å²) in [5, 5.41) is 0. The molecule has 0 heteroatoms. The van der Waals surface area contributed by atoms with E-state index in [0.717, 1.165) is 17.9 Å². The van der Waals surface area contributed by atoms with Crippen molar-refractivity contribution in [3.05, 3.63) is 87.6 Å². The van der Waals surface area contributed by atoms with Gasteiger partial charge in [-0.2, -0.15) is 0 Å². The monoisotopic (exact) mass is 538 g/mol. The van der Waals surface area contributed by atoms with Gasteiger partial charge in [0.25, 0.3) is 0 Å². The minimum absolute atomic E-state index is 0.00442. The van der Waals surface area contributed by atoms with E-state index >= 15 is 0 Å². The Hall–Kier alpha value is -2.08. The minimum Gasteiger partial charge on any atom is -0.0955 e. The Labute approximate surface area is 247 Å². The van der Waals surface area contributed by atoms with Crippen LogP contribution in [0.25, 0.3) is 5.57 Å². The van der Waals surface area contributed by atoms with Crippen LogP contribution >= 0.6 is 0 Å². The topological polar surface area (TPSA) is 0 Å². The first-order chi connectivity index (χ1) is 18.3. The summed E-state index contributed by atoms with van der Waals surface area (Å²) in [6.45, 7) is 45.6. The maximum absolute atomic E-state index is 4.94. The molecule has 218 valence electrons. The highest BCUT2D eigenvalue weighted by molar-refractivity contribution is 5.88. The minimum atomic E-state index is -0.142. The van der Waals surface area contributed by atoms with E-state index in [-0.39, 0.29) is 21.7 Å². The molecular formula is C40H58. The number of rotatable bonds is 6. The molecule has 0 amide bonds. The van der Waals surface area contributed by atoms with E-state index in [1.165, 1.54) is 75.0 Å². The van der Waals surface area contributed by atoms with Gasteiger partial charge in [-0.15, -0.1) is 0 Å². The van der Waals surface area contributed by atoms with E-state index in [9.17, 15) is 0 Å². The molecule has 0 heterocycles. The molecular weight excluding hydrogens is 480 g/mol. The van der Waals surface area contributed by atoms with Crippen molar-refractivity contribution in [2.24, 2.45) is 28.1 Å². The van der Waals surface area contributed by atoms with Gasteiger partial charge in [-0.05, 0) is 114 Å². The van der Waals surface area contributed by atoms with E-state index < -0.39 is 0 Å². The van der Waals surface area contributed by atoms with Gasteiger partial charge in [0.15, 0.2) is 0 Å². The van der Waals surface area contributed by atoms with Gasteiger partial charge in [-0.1, -0.05) is 124 Å². The third-order valence-corrected chi connectivity index (χ3v) is 12.8. The lowest BCUT2D eigenvalue weighted by atomic mass is 9.36. The molecule has 0 nitrogen and oxygen atoms in total. The number of benzene rings is 1. The normalized spacial score (nSPS) is 32.4. The molecule has 0 unspecified atom stereocenters. The van der Waals surface area contributed by atoms with E-state index in [0.29, 0.717) is 11.8 Å². The average Bonchev–Trinajstić information content (AvgIpc) is 2.83. The largest absolute Gasteiger partial charge is 0.0955 e. The van der Waals surface area contributed by atoms with Crippen LogP contribution in [0.3, 0.4) is 0 Å². The Kier molecular flexibility index (Phi) is 7.52. The van der Waals surface area contributed by atoms with Crippen LogP contribution in [-0.2, 0) is 5.41 Å². The van der Waals surface area contributed by atoms with E-state index in [2.05, 4.69) is 109 Å². The fraction of sp³-hybridized carbons (Fsp3) is 0.600. The molecule has 0 saturated carbocycles. The van der Waals surface area contributed by atoms with E-state index in [4.69, 9.17) is 13.2 Å². The molecule has 0 radical (unpaired) electrons. The van der Waals surface area contributed by atoms with Gasteiger partial charge in [-0.25, -0.2) is 0 Å². The van der Waals surface area contributed by atoms with Gasteiger partial charge in [-0.3, -0.25) is 0 Å². The third-order valence-electron chi connectivity index (χ3n) is 12.8. The fourth-order valence-corrected chi connectivity index (χ4v) is 9.97. The van der Waals surface area contributed by atoms with Crippen LogP contribution in [0.2, 0.25) is 0 Å². The molecule has 0 saturated heterocycles. The highest BCUT2D eigenvalue weighted by atomic mass is 14.7. The summed E-state index contributed by atoms with van der Waals surface area (Å²) >= 11 is 0. The zero-order valence-electron chi connectivity index (χ0n) is 28.3. The lowest BCUT2D eigenvalue weighted by molar-refractivity contribution is -0.0261. The number of fused-ring (bicyclic) bond motifs is 3. The Morgan fingerprint density at radius 3 is 2.20 bits per heavy atom. The first-order valence-corrected chi connectivity index (χ1v) is 15.9. The Bertz CT molecular complexity index is 1350. The van der Waals surface area contributed by atoms with Crippen molar-refractivity contribution >= 4 is 5.57 Å². The van der Waals surface area contributed by atoms with Crippen molar-refractivity contribution in [3.8, 4) is 0 Å². The second-order valence-corrected chi connectivity index (χ2v) is 15.7. The van der Waals surface area contributed by atoms with Gasteiger partial charge in [0, 0.05) is 10.8 Å². The molecule has 0 bridgehead atoms. The molecule has 5 atom stereocenters. The van der Waals surface area contributed by atoms with Crippen LogP contribution in [0.5, 0.6) is 0 Å². The van der Waals surface area contributed by atoms with Crippen LogP contribution in [0.4, 0.5) is 0 Å². The summed E-state index contributed by atoms with van der Waals surface area (Å²) in [5.41, 5.74) is 15.3. The van der Waals surface area contributed by atoms with Crippen molar-refractivity contribution in [3.63, 3.8) is 0 Å². The summed E-state index contributed by atoms with van der Waals surface area (Å²) in [7, 11) is 0. The zero-order valence-corrected chi connectivity index (χ0v) is 28.3. The zero-order chi connectivity index (χ0) is 30.3. The Morgan fingerprint density at radius 1 is 1.05 bits per heavy atom. The summed E-state index contributed by atoms with van der Waals surface area (Å²) in [4.78, 5) is 0. The predicted octanol–water partition coefficient (Wildman–Crippen LogP) is 12.1. The number of hydrogen-bond acceptors (Lipinski definition) is 0. The molecule has 0 fully saturated rings. The van der Waals surface area contributed by atoms with Crippen LogP contribution in [0, 0.1) is 35.0 Å². The molecule has 0 spiro atoms. The first kappa shape index (κ1) is 30.9. The number of allylic oxidation sites excluding steroid dienone is 7. The summed E-state index contributed by atoms with van der Waals surface area (Å²) in [5.74, 6) is 1.62. The summed E-state index contributed by atoms with van der Waals surface area (Å²) in [6, 6.07) is 4.94. The second-order valence-electron chi connectivity index (χ2n) is 15.7. The summed E-state index contributed by atoms with van der Waals surface area (Å²) < 4.78 is 0. The molecule has 3 aliphatic rings. The smallest absolute Gasteiger partial charge is 0.0196 e. The van der Waals surface area contributed by atoms with Crippen molar-refractivity contribution in [1.29, 1.82) is 0 Å². The van der Waals surface area contributed by atoms with E-state index in [1.54, 1.807) is 0 Å². The van der Waals surface area contributed by atoms with Crippen molar-refractivity contribution in [2.45, 2.75) is 127 Å². The SMILES string of the molecule is C=C(C)C1=C(C)C[C@@]2(C)[C@H](C)[C@]3(C)C(=C(C)[C@@]2(C)C1=C)C(=C)c1c(ccc(C(C)(C)CCCC(C)C)c1C)[C@H]3C. The maximum Gasteiger partial charge on any atom is 0.0196 e. The second kappa shape index (κ2) is 9.74. The molecule has 0 aromatic heterocycles. The van der Waals surface area contributed by atoms with E-state index in [1.807, 2.05) is 0 Å². The molecule has 40 heavy (non-hydrogen) atoms. The molecule has 1 aromatic rings. The molecule has 1 aromatic carbocycles. The molecule has 0 aliphatic heterocycles. The lowest BCUT2D eigenvalue weighted by Gasteiger charge is -2.67. The standard InChI is InChI=1S/C40H58/c1-23(2)18-17-21-37(12,13)33-20-19-32-28(8)39(15)31(11)38(14)22-25(5)34(24(3)4)29(9)40(38,16)30(10)36(39)27(7)35(32)26(33)6/h19-20,23,28,31H,3,7,9,17-18,21-22H2,1-2,4-6,8,10-16H3/t28-,31+,38+,39-,40-/m1/s1. The van der Waals surface area contributed by atoms with Crippen LogP contribution in [0.1, 0.15) is 137 Å². The van der Waals surface area contributed by atoms with Gasteiger partial charge < -0.3 is 0 Å². The van der Waals surface area contributed by atoms with Gasteiger partial charge in [0.1, 0.15) is 0 Å². The fourth-order valence-electron chi connectivity index (χ4n) is 9.97. The third kappa shape index (κ3) is 3.90. The predicted molar refractivity (Wildman–Crippen MR) is 178 cm³/mol. The van der Waals surface area contributed by atoms with Crippen LogP contribution < -0.4 is 0 Å².